The Kier molecular flexibility index (Phi) is 4.01. The second-order valence-corrected chi connectivity index (χ2v) is 7.70. The summed E-state index contributed by atoms with van der Waals surface area (Å²) in [5, 5.41) is 20.7. The van der Waals surface area contributed by atoms with E-state index < -0.39 is 27.7 Å². The lowest BCUT2D eigenvalue weighted by Gasteiger charge is -2.31. The van der Waals surface area contributed by atoms with Crippen LogP contribution in [0.5, 0.6) is 5.75 Å². The molecule has 31 heavy (non-hydrogen) atoms. The fourth-order valence-electron chi connectivity index (χ4n) is 4.39. The quantitative estimate of drug-likeness (QED) is 0.506. The van der Waals surface area contributed by atoms with Crippen LogP contribution in [-0.2, 0) is 13.1 Å². The average molecular weight is 425 g/mol. The van der Waals surface area contributed by atoms with Crippen molar-refractivity contribution in [2.45, 2.75) is 26.1 Å². The van der Waals surface area contributed by atoms with Crippen LogP contribution in [0.3, 0.4) is 0 Å². The van der Waals surface area contributed by atoms with Crippen molar-refractivity contribution in [3.63, 3.8) is 0 Å². The maximum Gasteiger partial charge on any atom is 0.341 e. The van der Waals surface area contributed by atoms with Crippen LogP contribution in [-0.4, -0.2) is 27.2 Å². The number of carboxylic acids is 1. The number of pyridine rings is 1. The van der Waals surface area contributed by atoms with Crippen LogP contribution >= 0.6 is 0 Å². The van der Waals surface area contributed by atoms with Gasteiger partial charge in [-0.15, -0.1) is 0 Å². The van der Waals surface area contributed by atoms with Crippen molar-refractivity contribution in [3.8, 4) is 5.75 Å². The molecule has 158 valence electrons. The number of nitro groups is 1. The first-order valence-electron chi connectivity index (χ1n) is 9.55. The summed E-state index contributed by atoms with van der Waals surface area (Å²) in [5.41, 5.74) is 0.363. The van der Waals surface area contributed by atoms with E-state index in [1.807, 2.05) is 0 Å². The van der Waals surface area contributed by atoms with Gasteiger partial charge in [-0.3, -0.25) is 14.9 Å². The lowest BCUT2D eigenvalue weighted by molar-refractivity contribution is -0.385. The predicted octanol–water partition coefficient (Wildman–Crippen LogP) is 3.22. The number of carbonyl (C=O) groups is 1. The van der Waals surface area contributed by atoms with Crippen molar-refractivity contribution < 1.29 is 24.0 Å². The Morgan fingerprint density at radius 2 is 2.13 bits per heavy atom. The van der Waals surface area contributed by atoms with Gasteiger partial charge in [0.2, 0.25) is 5.43 Å². The topological polar surface area (TPSA) is 115 Å². The maximum atomic E-state index is 15.3. The van der Waals surface area contributed by atoms with E-state index in [9.17, 15) is 24.8 Å². The summed E-state index contributed by atoms with van der Waals surface area (Å²) >= 11 is 0. The monoisotopic (exact) mass is 425 g/mol. The first-order valence-corrected chi connectivity index (χ1v) is 9.55. The molecule has 3 aromatic rings. The van der Waals surface area contributed by atoms with Gasteiger partial charge in [0.25, 0.3) is 5.69 Å². The summed E-state index contributed by atoms with van der Waals surface area (Å²) < 4.78 is 22.8. The standard InChI is InChI=1S/C21H16FN3O6/c1-10-9-31-20-17-12(19(26)14(21(27)28)8-24(10)17)5-15(22)18(20)23-6-11-3-2-4-16(25(29)30)13(11)7-23/h2-5,8,10H,6-7,9H2,1H3,(H,27,28). The van der Waals surface area contributed by atoms with Gasteiger partial charge < -0.3 is 19.3 Å². The lowest BCUT2D eigenvalue weighted by atomic mass is 10.1. The maximum absolute atomic E-state index is 15.3. The summed E-state index contributed by atoms with van der Waals surface area (Å²) in [4.78, 5) is 36.8. The number of fused-ring (bicyclic) bond motifs is 1. The van der Waals surface area contributed by atoms with E-state index in [-0.39, 0.29) is 48.2 Å². The summed E-state index contributed by atoms with van der Waals surface area (Å²) in [6.07, 6.45) is 1.26. The van der Waals surface area contributed by atoms with E-state index in [0.717, 1.165) is 6.07 Å². The zero-order valence-corrected chi connectivity index (χ0v) is 16.3. The molecule has 1 aromatic heterocycles. The fourth-order valence-corrected chi connectivity index (χ4v) is 4.39. The van der Waals surface area contributed by atoms with Gasteiger partial charge in [0.05, 0.1) is 34.0 Å². The average Bonchev–Trinajstić information content (AvgIpc) is 3.15. The highest BCUT2D eigenvalue weighted by atomic mass is 19.1. The Morgan fingerprint density at radius 1 is 1.35 bits per heavy atom. The third kappa shape index (κ3) is 2.68. The second kappa shape index (κ2) is 6.53. The molecule has 0 saturated heterocycles. The van der Waals surface area contributed by atoms with Gasteiger partial charge in [0.15, 0.2) is 11.6 Å². The van der Waals surface area contributed by atoms with Crippen LogP contribution in [0.4, 0.5) is 15.8 Å². The second-order valence-electron chi connectivity index (χ2n) is 7.70. The molecular formula is C21H16FN3O6. The Labute approximate surface area is 174 Å². The molecule has 2 aliphatic rings. The molecule has 2 aliphatic heterocycles. The number of nitrogens with zero attached hydrogens (tertiary/aromatic N) is 3. The fraction of sp³-hybridized carbons (Fsp3) is 0.238. The van der Waals surface area contributed by atoms with Gasteiger partial charge in [-0.25, -0.2) is 9.18 Å². The molecule has 1 N–H and O–H groups in total. The third-order valence-electron chi connectivity index (χ3n) is 5.84. The normalized spacial score (nSPS) is 16.8. The van der Waals surface area contributed by atoms with Gasteiger partial charge >= 0.3 is 5.97 Å². The Bertz CT molecular complexity index is 1370. The molecule has 1 atom stereocenters. The van der Waals surface area contributed by atoms with E-state index in [1.54, 1.807) is 28.5 Å². The van der Waals surface area contributed by atoms with Gasteiger partial charge in [-0.2, -0.15) is 0 Å². The highest BCUT2D eigenvalue weighted by Gasteiger charge is 2.34. The number of ether oxygens (including phenoxy) is 1. The van der Waals surface area contributed by atoms with Gasteiger partial charge in [0, 0.05) is 18.8 Å². The number of carboxylic acid groups (broad SMARTS) is 1. The molecule has 5 rings (SSSR count). The van der Waals surface area contributed by atoms with Crippen molar-refractivity contribution in [3.05, 3.63) is 73.3 Å². The third-order valence-corrected chi connectivity index (χ3v) is 5.84. The van der Waals surface area contributed by atoms with Crippen LogP contribution < -0.4 is 15.1 Å². The number of rotatable bonds is 3. The molecule has 2 aromatic carbocycles. The van der Waals surface area contributed by atoms with Crippen LogP contribution in [0.25, 0.3) is 10.9 Å². The molecule has 3 heterocycles. The van der Waals surface area contributed by atoms with E-state index >= 15 is 4.39 Å². The molecule has 0 spiro atoms. The van der Waals surface area contributed by atoms with Crippen LogP contribution in [0.2, 0.25) is 0 Å². The van der Waals surface area contributed by atoms with Crippen molar-refractivity contribution in [2.24, 2.45) is 0 Å². The summed E-state index contributed by atoms with van der Waals surface area (Å²) in [6, 6.07) is 5.50. The van der Waals surface area contributed by atoms with Crippen molar-refractivity contribution in [1.82, 2.24) is 4.57 Å². The number of aromatic nitrogens is 1. The minimum Gasteiger partial charge on any atom is -0.487 e. The zero-order valence-electron chi connectivity index (χ0n) is 16.3. The van der Waals surface area contributed by atoms with Gasteiger partial charge in [0.1, 0.15) is 17.9 Å². The van der Waals surface area contributed by atoms with E-state index in [4.69, 9.17) is 4.74 Å². The lowest BCUT2D eigenvalue weighted by Crippen LogP contribution is -2.28. The molecule has 0 fully saturated rings. The zero-order chi connectivity index (χ0) is 22.0. The van der Waals surface area contributed by atoms with Crippen LogP contribution in [0.15, 0.2) is 35.3 Å². The molecular weight excluding hydrogens is 409 g/mol. The molecule has 1 unspecified atom stereocenters. The number of anilines is 1. The first kappa shape index (κ1) is 19.0. The van der Waals surface area contributed by atoms with Gasteiger partial charge in [-0.1, -0.05) is 12.1 Å². The molecule has 0 amide bonds. The summed E-state index contributed by atoms with van der Waals surface area (Å²) in [7, 11) is 0. The number of hydrogen-bond donors (Lipinski definition) is 1. The minimum absolute atomic E-state index is 0.0348. The number of aromatic carboxylic acids is 1. The SMILES string of the molecule is CC1COc2c(N3Cc4cccc([N+](=O)[O-])c4C3)c(F)cc3c(=O)c(C(=O)O)cn1c23. The van der Waals surface area contributed by atoms with E-state index in [2.05, 4.69) is 0 Å². The minimum atomic E-state index is -1.39. The number of hydrogen-bond acceptors (Lipinski definition) is 6. The largest absolute Gasteiger partial charge is 0.487 e. The molecule has 0 radical (unpaired) electrons. The van der Waals surface area contributed by atoms with Crippen molar-refractivity contribution in [1.29, 1.82) is 0 Å². The number of halogens is 1. The molecule has 0 saturated carbocycles. The van der Waals surface area contributed by atoms with E-state index in [1.165, 1.54) is 12.3 Å². The highest BCUT2D eigenvalue weighted by Crippen LogP contribution is 2.45. The molecule has 9 nitrogen and oxygen atoms in total. The highest BCUT2D eigenvalue weighted by molar-refractivity contribution is 5.97. The van der Waals surface area contributed by atoms with E-state index in [0.29, 0.717) is 16.6 Å². The Hall–Kier alpha value is -3.95. The first-order chi connectivity index (χ1) is 14.8. The van der Waals surface area contributed by atoms with Crippen LogP contribution in [0, 0.1) is 15.9 Å². The van der Waals surface area contributed by atoms with Crippen molar-refractivity contribution in [2.75, 3.05) is 11.5 Å². The van der Waals surface area contributed by atoms with Crippen LogP contribution in [0.1, 0.15) is 34.5 Å². The van der Waals surface area contributed by atoms with Gasteiger partial charge in [-0.05, 0) is 18.6 Å². The summed E-state index contributed by atoms with van der Waals surface area (Å²) in [6.45, 7) is 2.30. The Balaban J connectivity index is 1.74. The van der Waals surface area contributed by atoms with Crippen molar-refractivity contribution >= 4 is 28.2 Å². The molecule has 10 heteroatoms. The molecule has 0 bridgehead atoms. The number of nitro benzene ring substituents is 1. The summed E-state index contributed by atoms with van der Waals surface area (Å²) in [5.74, 6) is -2.00. The number of benzene rings is 2. The molecule has 0 aliphatic carbocycles. The Morgan fingerprint density at radius 3 is 2.84 bits per heavy atom. The predicted molar refractivity (Wildman–Crippen MR) is 108 cm³/mol. The smallest absolute Gasteiger partial charge is 0.341 e.